The molecule has 2 aliphatic rings. The lowest BCUT2D eigenvalue weighted by Crippen LogP contribution is -2.03. The van der Waals surface area contributed by atoms with E-state index in [-0.39, 0.29) is 5.92 Å². The first kappa shape index (κ1) is 30.3. The first-order chi connectivity index (χ1) is 24.7. The number of hydrogen-bond acceptors (Lipinski definition) is 2. The fourth-order valence-corrected chi connectivity index (χ4v) is 7.52. The van der Waals surface area contributed by atoms with Crippen molar-refractivity contribution < 1.29 is 0 Å². The van der Waals surface area contributed by atoms with Crippen molar-refractivity contribution in [1.82, 2.24) is 14.5 Å². The van der Waals surface area contributed by atoms with Crippen LogP contribution in [-0.2, 0) is 6.42 Å². The van der Waals surface area contributed by atoms with Gasteiger partial charge in [0.2, 0.25) is 0 Å². The van der Waals surface area contributed by atoms with Gasteiger partial charge in [-0.2, -0.15) is 0 Å². The van der Waals surface area contributed by atoms with Gasteiger partial charge in [0.15, 0.2) is 5.82 Å². The van der Waals surface area contributed by atoms with Crippen molar-refractivity contribution in [2.45, 2.75) is 25.2 Å². The molecule has 0 amide bonds. The van der Waals surface area contributed by atoms with Gasteiger partial charge in [-0.15, -0.1) is 0 Å². The molecule has 0 radical (unpaired) electrons. The van der Waals surface area contributed by atoms with E-state index < -0.39 is 0 Å². The van der Waals surface area contributed by atoms with Crippen molar-refractivity contribution in [3.05, 3.63) is 180 Å². The van der Waals surface area contributed by atoms with Crippen LogP contribution in [0.3, 0.4) is 0 Å². The Hall–Kier alpha value is -5.77. The fraction of sp³-hybridized carbons (Fsp3) is 0.0870. The molecule has 2 aliphatic carbocycles. The van der Waals surface area contributed by atoms with Crippen LogP contribution in [0.1, 0.15) is 35.6 Å². The molecule has 9 rings (SSSR count). The number of halogens is 1. The zero-order valence-corrected chi connectivity index (χ0v) is 28.3. The van der Waals surface area contributed by atoms with Crippen LogP contribution in [0, 0.1) is 0 Å². The summed E-state index contributed by atoms with van der Waals surface area (Å²) in [5, 5.41) is 2.10. The van der Waals surface area contributed by atoms with Gasteiger partial charge >= 0.3 is 0 Å². The second-order valence-corrected chi connectivity index (χ2v) is 13.5. The summed E-state index contributed by atoms with van der Waals surface area (Å²) in [4.78, 5) is 10.2. The Morgan fingerprint density at radius 3 is 2.08 bits per heavy atom. The summed E-state index contributed by atoms with van der Waals surface area (Å²) in [6.45, 7) is 0. The number of aromatic nitrogens is 3. The van der Waals surface area contributed by atoms with Gasteiger partial charge in [-0.05, 0) is 78.4 Å². The Kier molecular flexibility index (Phi) is 7.83. The molecule has 1 atom stereocenters. The fourth-order valence-electron chi connectivity index (χ4n) is 7.36. The van der Waals surface area contributed by atoms with Crippen LogP contribution in [0.4, 0.5) is 0 Å². The summed E-state index contributed by atoms with van der Waals surface area (Å²) in [6.07, 6.45) is 13.9. The monoisotopic (exact) mass is 663 g/mol. The van der Waals surface area contributed by atoms with Crippen LogP contribution < -0.4 is 0 Å². The molecule has 0 N–H and O–H groups in total. The molecule has 0 spiro atoms. The van der Waals surface area contributed by atoms with Crippen LogP contribution >= 0.6 is 11.6 Å². The summed E-state index contributed by atoms with van der Waals surface area (Å²) < 4.78 is 2.44. The molecule has 2 heterocycles. The van der Waals surface area contributed by atoms with Crippen LogP contribution in [0.25, 0.3) is 67.7 Å². The van der Waals surface area contributed by atoms with E-state index in [0.29, 0.717) is 5.82 Å². The first-order valence-corrected chi connectivity index (χ1v) is 17.6. The van der Waals surface area contributed by atoms with Crippen molar-refractivity contribution >= 4 is 28.6 Å². The second-order valence-electron chi connectivity index (χ2n) is 13.0. The summed E-state index contributed by atoms with van der Waals surface area (Å²) in [5.41, 5.74) is 13.6. The van der Waals surface area contributed by atoms with E-state index in [0.717, 1.165) is 63.5 Å². The van der Waals surface area contributed by atoms with Gasteiger partial charge in [0, 0.05) is 50.0 Å². The van der Waals surface area contributed by atoms with E-state index >= 15 is 0 Å². The lowest BCUT2D eigenvalue weighted by Gasteiger charge is -2.19. The molecule has 0 saturated carbocycles. The standard InChI is InChI=1S/C46H34ClN3/c47-38-23-19-31(20-24-38)35-27-36(32-21-25-39(26-22-32)50-44-17-9-7-15-40(44)41-16-8-10-18-45(41)50)29-37(28-35)43-30-42(33-11-3-1-4-12-33)48-46(49-43)34-13-5-2-6-14-34/h1-9,11-17,19,21-31H,10,18,20H2. The Morgan fingerprint density at radius 1 is 0.620 bits per heavy atom. The quantitative estimate of drug-likeness (QED) is 0.177. The average Bonchev–Trinajstić information content (AvgIpc) is 3.53. The van der Waals surface area contributed by atoms with Gasteiger partial charge < -0.3 is 4.57 Å². The zero-order chi connectivity index (χ0) is 33.4. The predicted molar refractivity (Wildman–Crippen MR) is 208 cm³/mol. The summed E-state index contributed by atoms with van der Waals surface area (Å²) in [5.74, 6) is 0.924. The summed E-state index contributed by atoms with van der Waals surface area (Å²) in [6, 6.07) is 47.4. The van der Waals surface area contributed by atoms with Crippen molar-refractivity contribution in [2.24, 2.45) is 0 Å². The number of para-hydroxylation sites is 1. The maximum absolute atomic E-state index is 6.36. The van der Waals surface area contributed by atoms with Crippen LogP contribution in [-0.4, -0.2) is 14.5 Å². The minimum absolute atomic E-state index is 0.213. The number of nitrogens with zero attached hydrogens (tertiary/aromatic N) is 3. The first-order valence-electron chi connectivity index (χ1n) is 17.3. The topological polar surface area (TPSA) is 30.7 Å². The minimum Gasteiger partial charge on any atom is -0.313 e. The second kappa shape index (κ2) is 12.9. The minimum atomic E-state index is 0.213. The van der Waals surface area contributed by atoms with E-state index in [1.54, 1.807) is 0 Å². The number of rotatable bonds is 6. The Morgan fingerprint density at radius 2 is 1.32 bits per heavy atom. The normalized spacial score (nSPS) is 15.2. The van der Waals surface area contributed by atoms with Gasteiger partial charge in [-0.25, -0.2) is 9.97 Å². The Bertz CT molecular complexity index is 2390. The number of allylic oxidation sites excluding steroid dienone is 5. The largest absolute Gasteiger partial charge is 0.313 e. The third kappa shape index (κ3) is 5.70. The van der Waals surface area contributed by atoms with E-state index in [2.05, 4.69) is 138 Å². The number of benzene rings is 5. The highest BCUT2D eigenvalue weighted by molar-refractivity contribution is 6.31. The van der Waals surface area contributed by atoms with Gasteiger partial charge in [-0.1, -0.05) is 133 Å². The Labute approximate surface area is 297 Å². The molecule has 5 aromatic carbocycles. The van der Waals surface area contributed by atoms with Crippen LogP contribution in [0.15, 0.2) is 163 Å². The maximum Gasteiger partial charge on any atom is 0.160 e. The van der Waals surface area contributed by atoms with E-state index in [9.17, 15) is 0 Å². The molecule has 240 valence electrons. The molecule has 4 heteroatoms. The molecule has 0 saturated heterocycles. The van der Waals surface area contributed by atoms with Crippen LogP contribution in [0.5, 0.6) is 0 Å². The molecule has 0 fully saturated rings. The third-order valence-electron chi connectivity index (χ3n) is 9.87. The molecule has 0 aliphatic heterocycles. The zero-order valence-electron chi connectivity index (χ0n) is 27.5. The molecule has 1 unspecified atom stereocenters. The highest BCUT2D eigenvalue weighted by Gasteiger charge is 2.20. The van der Waals surface area contributed by atoms with Gasteiger partial charge in [0.1, 0.15) is 0 Å². The van der Waals surface area contributed by atoms with Crippen molar-refractivity contribution in [2.75, 3.05) is 0 Å². The highest BCUT2D eigenvalue weighted by Crippen LogP contribution is 2.38. The smallest absolute Gasteiger partial charge is 0.160 e. The molecular weight excluding hydrogens is 630 g/mol. The average molecular weight is 664 g/mol. The van der Waals surface area contributed by atoms with Gasteiger partial charge in [-0.3, -0.25) is 0 Å². The van der Waals surface area contributed by atoms with E-state index in [1.165, 1.54) is 33.4 Å². The predicted octanol–water partition coefficient (Wildman–Crippen LogP) is 12.2. The van der Waals surface area contributed by atoms with Crippen molar-refractivity contribution in [3.8, 4) is 50.7 Å². The third-order valence-corrected chi connectivity index (χ3v) is 10.1. The van der Waals surface area contributed by atoms with E-state index in [4.69, 9.17) is 21.6 Å². The number of fused-ring (bicyclic) bond motifs is 3. The summed E-state index contributed by atoms with van der Waals surface area (Å²) >= 11 is 6.36. The summed E-state index contributed by atoms with van der Waals surface area (Å²) in [7, 11) is 0. The van der Waals surface area contributed by atoms with Gasteiger partial charge in [0.05, 0.1) is 16.9 Å². The molecule has 3 nitrogen and oxygen atoms in total. The molecule has 50 heavy (non-hydrogen) atoms. The number of hydrogen-bond donors (Lipinski definition) is 0. The Balaban J connectivity index is 1.18. The molecule has 2 aromatic heterocycles. The van der Waals surface area contributed by atoms with Crippen molar-refractivity contribution in [3.63, 3.8) is 0 Å². The van der Waals surface area contributed by atoms with E-state index in [1.807, 2.05) is 30.3 Å². The van der Waals surface area contributed by atoms with Crippen LogP contribution in [0.2, 0.25) is 0 Å². The van der Waals surface area contributed by atoms with Crippen molar-refractivity contribution in [1.29, 1.82) is 0 Å². The molecule has 7 aromatic rings. The highest BCUT2D eigenvalue weighted by atomic mass is 35.5. The van der Waals surface area contributed by atoms with Gasteiger partial charge in [0.25, 0.3) is 0 Å². The SMILES string of the molecule is ClC1=CCC(c2cc(-c3ccc(-n4c5c(c6ccccc64)C=CCC5)cc3)cc(-c3cc(-c4ccccc4)nc(-c4ccccc4)n3)c2)C=C1. The maximum atomic E-state index is 6.36. The molecular formula is C46H34ClN3. The lowest BCUT2D eigenvalue weighted by molar-refractivity contribution is 0.852. The lowest BCUT2D eigenvalue weighted by atomic mass is 9.88. The molecule has 0 bridgehead atoms.